The molecule has 5 rings (SSSR count). The van der Waals surface area contributed by atoms with Crippen molar-refractivity contribution in [2.24, 2.45) is 29.6 Å². The van der Waals surface area contributed by atoms with Crippen LogP contribution >= 0.6 is 23.1 Å². The van der Waals surface area contributed by atoms with E-state index in [0.29, 0.717) is 0 Å². The predicted molar refractivity (Wildman–Crippen MR) is 108 cm³/mol. The van der Waals surface area contributed by atoms with E-state index in [1.54, 1.807) is 18.7 Å². The summed E-state index contributed by atoms with van der Waals surface area (Å²) in [5.74, 6) is -0.653. The van der Waals surface area contributed by atoms with Crippen molar-refractivity contribution in [1.82, 2.24) is 9.88 Å². The minimum Gasteiger partial charge on any atom is -0.466 e. The van der Waals surface area contributed by atoms with Gasteiger partial charge < -0.3 is 9.72 Å². The first-order valence-electron chi connectivity index (χ1n) is 10.2. The molecule has 3 heterocycles. The monoisotopic (exact) mass is 436 g/mol. The van der Waals surface area contributed by atoms with Gasteiger partial charge in [-0.05, 0) is 31.1 Å². The average molecular weight is 437 g/mol. The van der Waals surface area contributed by atoms with Crippen molar-refractivity contribution in [2.75, 3.05) is 13.2 Å². The van der Waals surface area contributed by atoms with E-state index >= 15 is 0 Å². The van der Waals surface area contributed by atoms with Gasteiger partial charge in [-0.25, -0.2) is 0 Å². The van der Waals surface area contributed by atoms with Gasteiger partial charge in [0.05, 0.1) is 29.9 Å². The van der Waals surface area contributed by atoms with Gasteiger partial charge in [0.25, 0.3) is 0 Å². The maximum Gasteiger partial charge on any atom is 0.307 e. The van der Waals surface area contributed by atoms with Crippen LogP contribution in [0.4, 0.5) is 0 Å². The highest BCUT2D eigenvalue weighted by Gasteiger charge is 2.70. The quantitative estimate of drug-likeness (QED) is 0.573. The molecule has 6 atom stereocenters. The number of amides is 2. The van der Waals surface area contributed by atoms with Gasteiger partial charge in [0.1, 0.15) is 0 Å². The molecule has 29 heavy (non-hydrogen) atoms. The number of rotatable bonds is 4. The van der Waals surface area contributed by atoms with E-state index in [2.05, 4.69) is 18.8 Å². The second-order valence-corrected chi connectivity index (χ2v) is 11.2. The summed E-state index contributed by atoms with van der Waals surface area (Å²) in [6, 6.07) is 0. The molecule has 9 heteroatoms. The van der Waals surface area contributed by atoms with E-state index in [0.717, 1.165) is 16.3 Å². The first kappa shape index (κ1) is 19.4. The van der Waals surface area contributed by atoms with E-state index in [4.69, 9.17) is 4.74 Å². The molecule has 0 spiro atoms. The van der Waals surface area contributed by atoms with Crippen molar-refractivity contribution in [3.8, 4) is 0 Å². The topological polar surface area (TPSA) is 96.5 Å². The Morgan fingerprint density at radius 1 is 1.21 bits per heavy atom. The summed E-state index contributed by atoms with van der Waals surface area (Å²) < 4.78 is 4.94. The number of nitrogens with zero attached hydrogens (tertiary/aromatic N) is 1. The first-order chi connectivity index (χ1) is 13.8. The number of ether oxygens (including phenoxy) is 1. The first-order valence-corrected chi connectivity index (χ1v) is 11.9. The molecule has 2 aliphatic carbocycles. The summed E-state index contributed by atoms with van der Waals surface area (Å²) in [6.07, 6.45) is 0.940. The molecule has 1 aromatic rings. The largest absolute Gasteiger partial charge is 0.466 e. The molecule has 1 aromatic heterocycles. The Morgan fingerprint density at radius 2 is 1.90 bits per heavy atom. The van der Waals surface area contributed by atoms with Crippen molar-refractivity contribution in [3.05, 3.63) is 14.5 Å². The maximum absolute atomic E-state index is 13.2. The number of thiazole rings is 1. The maximum atomic E-state index is 13.2. The number of likely N-dealkylation sites (tertiary alicyclic amines) is 1. The number of hydrogen-bond acceptors (Lipinski definition) is 7. The highest BCUT2D eigenvalue weighted by Crippen LogP contribution is 2.68. The zero-order valence-corrected chi connectivity index (χ0v) is 18.2. The Morgan fingerprint density at radius 3 is 2.59 bits per heavy atom. The molecule has 156 valence electrons. The van der Waals surface area contributed by atoms with E-state index in [-0.39, 0.29) is 82.5 Å². The molecular weight excluding hydrogens is 412 g/mol. The minimum absolute atomic E-state index is 0.0413. The zero-order valence-electron chi connectivity index (χ0n) is 16.6. The number of H-pyrrole nitrogens is 1. The van der Waals surface area contributed by atoms with Gasteiger partial charge in [-0.1, -0.05) is 25.2 Å². The molecule has 0 unspecified atom stereocenters. The van der Waals surface area contributed by atoms with Gasteiger partial charge in [0.15, 0.2) is 0 Å². The third-order valence-electron chi connectivity index (χ3n) is 7.33. The second-order valence-electron chi connectivity index (χ2n) is 9.00. The predicted octanol–water partition coefficient (Wildman–Crippen LogP) is 2.01. The van der Waals surface area contributed by atoms with Crippen LogP contribution in [0.2, 0.25) is 0 Å². The normalized spacial score (nSPS) is 36.2. The van der Waals surface area contributed by atoms with E-state index < -0.39 is 0 Å². The van der Waals surface area contributed by atoms with Crippen molar-refractivity contribution < 1.29 is 19.1 Å². The zero-order chi connectivity index (χ0) is 20.7. The smallest absolute Gasteiger partial charge is 0.307 e. The molecule has 3 fully saturated rings. The number of hydrogen-bond donors (Lipinski definition) is 1. The molecule has 0 radical (unpaired) electrons. The van der Waals surface area contributed by atoms with Crippen LogP contribution in [-0.2, 0) is 24.5 Å². The fraction of sp³-hybridized carbons (Fsp3) is 0.700. The fourth-order valence-electron chi connectivity index (χ4n) is 6.37. The molecule has 2 saturated carbocycles. The number of imide groups is 1. The Hall–Kier alpha value is -1.61. The number of carbonyl (C=O) groups excluding carboxylic acids is 3. The second kappa shape index (κ2) is 6.44. The standard InChI is InChI=1S/C20H24N2O5S2/c1-4-27-10(23)5-6-22-17(24)11-8-7-9(12(11)18(22)25)14-13(8)20(2,3)15-16(28-14)21-19(26)29-15/h8-9,11-14H,4-7H2,1-3H3,(H,21,26)/t8-,9+,11-,12+,13+,14-/m0/s1. The molecule has 2 bridgehead atoms. The van der Waals surface area contributed by atoms with Gasteiger partial charge in [-0.3, -0.25) is 24.1 Å². The van der Waals surface area contributed by atoms with Crippen molar-refractivity contribution >= 4 is 40.9 Å². The van der Waals surface area contributed by atoms with Crippen molar-refractivity contribution in [3.63, 3.8) is 0 Å². The van der Waals surface area contributed by atoms with Crippen LogP contribution in [-0.4, -0.2) is 46.1 Å². The molecule has 4 aliphatic rings. The molecule has 7 nitrogen and oxygen atoms in total. The summed E-state index contributed by atoms with van der Waals surface area (Å²) in [7, 11) is 0. The highest BCUT2D eigenvalue weighted by molar-refractivity contribution is 8.00. The third kappa shape index (κ3) is 2.55. The number of nitrogens with one attached hydrogen (secondary N) is 1. The number of thioether (sulfide) groups is 1. The lowest BCUT2D eigenvalue weighted by molar-refractivity contribution is -0.145. The van der Waals surface area contributed by atoms with Crippen LogP contribution in [0.25, 0.3) is 0 Å². The van der Waals surface area contributed by atoms with Crippen molar-refractivity contribution in [1.29, 1.82) is 0 Å². The van der Waals surface area contributed by atoms with Crippen LogP contribution in [0.5, 0.6) is 0 Å². The average Bonchev–Trinajstić information content (AvgIpc) is 3.36. The molecule has 1 N–H and O–H groups in total. The van der Waals surface area contributed by atoms with Crippen LogP contribution < -0.4 is 4.87 Å². The van der Waals surface area contributed by atoms with E-state index in [1.807, 2.05) is 0 Å². The molecule has 2 aliphatic heterocycles. The Kier molecular flexibility index (Phi) is 4.30. The Bertz CT molecular complexity index is 966. The lowest BCUT2D eigenvalue weighted by Crippen LogP contribution is -2.48. The van der Waals surface area contributed by atoms with Gasteiger partial charge in [0, 0.05) is 22.1 Å². The van der Waals surface area contributed by atoms with E-state index in [9.17, 15) is 19.2 Å². The summed E-state index contributed by atoms with van der Waals surface area (Å²) in [5, 5.41) is 1.17. The summed E-state index contributed by atoms with van der Waals surface area (Å²) in [4.78, 5) is 55.3. The SMILES string of the molecule is CCOC(=O)CCN1C(=O)[C@@H]2[C@H]3C[C@@H]([C@@H]2C1=O)[C@@H]1[C@H]3Sc2[nH]c(=O)sc2C1(C)C. The van der Waals surface area contributed by atoms with Crippen molar-refractivity contribution in [2.45, 2.75) is 49.3 Å². The van der Waals surface area contributed by atoms with Crippen LogP contribution in [0.15, 0.2) is 9.82 Å². The van der Waals surface area contributed by atoms with Crippen LogP contribution in [0.1, 0.15) is 38.5 Å². The number of aromatic amines is 1. The fourth-order valence-corrected chi connectivity index (χ4v) is 9.53. The molecular formula is C20H24N2O5S2. The molecule has 0 aromatic carbocycles. The summed E-state index contributed by atoms with van der Waals surface area (Å²) >= 11 is 2.96. The van der Waals surface area contributed by atoms with Gasteiger partial charge >= 0.3 is 10.8 Å². The Labute approximate surface area is 176 Å². The summed E-state index contributed by atoms with van der Waals surface area (Å²) in [5.41, 5.74) is -0.207. The van der Waals surface area contributed by atoms with Crippen LogP contribution in [0.3, 0.4) is 0 Å². The highest BCUT2D eigenvalue weighted by atomic mass is 32.2. The third-order valence-corrected chi connectivity index (χ3v) is 10.1. The van der Waals surface area contributed by atoms with E-state index in [1.165, 1.54) is 16.2 Å². The van der Waals surface area contributed by atoms with Gasteiger partial charge in [0.2, 0.25) is 11.8 Å². The van der Waals surface area contributed by atoms with Gasteiger partial charge in [-0.15, -0.1) is 11.8 Å². The molecule has 2 amide bonds. The number of esters is 1. The lowest BCUT2D eigenvalue weighted by atomic mass is 9.64. The van der Waals surface area contributed by atoms with Crippen LogP contribution in [0, 0.1) is 29.6 Å². The lowest BCUT2D eigenvalue weighted by Gasteiger charge is -2.47. The summed E-state index contributed by atoms with van der Waals surface area (Å²) in [6.45, 7) is 6.47. The Balaban J connectivity index is 1.43. The number of carbonyl (C=O) groups is 3. The van der Waals surface area contributed by atoms with Gasteiger partial charge in [-0.2, -0.15) is 0 Å². The molecule has 1 saturated heterocycles. The number of fused-ring (bicyclic) bond motifs is 9. The number of aromatic nitrogens is 1. The minimum atomic E-state index is -0.383.